The van der Waals surface area contributed by atoms with E-state index in [1.165, 1.54) is 16.8 Å². The van der Waals surface area contributed by atoms with E-state index in [-0.39, 0.29) is 17.6 Å². The van der Waals surface area contributed by atoms with E-state index in [0.717, 1.165) is 0 Å². The molecule has 1 aromatic heterocycles. The second-order valence-electron chi connectivity index (χ2n) is 6.43. The number of anilines is 1. The van der Waals surface area contributed by atoms with E-state index in [0.29, 0.717) is 37.3 Å². The van der Waals surface area contributed by atoms with Crippen LogP contribution in [-0.4, -0.2) is 52.2 Å². The molecule has 1 aromatic carbocycles. The summed E-state index contributed by atoms with van der Waals surface area (Å²) in [6, 6.07) is 7.70. The molecule has 0 atom stereocenters. The highest BCUT2D eigenvalue weighted by Gasteiger charge is 2.42. The van der Waals surface area contributed by atoms with Gasteiger partial charge < -0.3 is 15.5 Å². The number of rotatable bonds is 4. The van der Waals surface area contributed by atoms with Crippen LogP contribution < -0.4 is 10.6 Å². The van der Waals surface area contributed by atoms with E-state index in [9.17, 15) is 14.0 Å². The molecule has 1 fully saturated rings. The van der Waals surface area contributed by atoms with E-state index >= 15 is 0 Å². The molecule has 0 spiro atoms. The van der Waals surface area contributed by atoms with Gasteiger partial charge in [0.2, 0.25) is 5.91 Å². The second-order valence-corrected chi connectivity index (χ2v) is 6.43. The molecule has 2 N–H and O–H groups in total. The third-order valence-corrected chi connectivity index (χ3v) is 4.81. The van der Waals surface area contributed by atoms with Crippen LogP contribution in [0, 0.1) is 5.82 Å². The van der Waals surface area contributed by atoms with Gasteiger partial charge in [0, 0.05) is 39.1 Å². The summed E-state index contributed by atoms with van der Waals surface area (Å²) >= 11 is 0. The lowest BCUT2D eigenvalue weighted by Gasteiger charge is -2.41. The highest BCUT2D eigenvalue weighted by molar-refractivity contribution is 5.93. The number of likely N-dealkylation sites (N-methyl/N-ethyl adjacent to an activating group) is 1. The first kappa shape index (κ1) is 17.9. The van der Waals surface area contributed by atoms with Crippen LogP contribution in [0.3, 0.4) is 0 Å². The maximum Gasteiger partial charge on any atom is 0.272 e. The molecule has 0 saturated carbocycles. The summed E-state index contributed by atoms with van der Waals surface area (Å²) in [7, 11) is 3.29. The van der Waals surface area contributed by atoms with Crippen molar-refractivity contribution < 1.29 is 14.0 Å². The van der Waals surface area contributed by atoms with Crippen LogP contribution in [-0.2, 0) is 11.8 Å². The van der Waals surface area contributed by atoms with Gasteiger partial charge in [0.15, 0.2) is 0 Å². The summed E-state index contributed by atoms with van der Waals surface area (Å²) in [5.41, 5.74) is 0.168. The number of aryl methyl sites for hydroxylation is 1. The van der Waals surface area contributed by atoms with Gasteiger partial charge in [-0.15, -0.1) is 0 Å². The Hall–Kier alpha value is -2.90. The summed E-state index contributed by atoms with van der Waals surface area (Å²) in [6.07, 6.45) is 2.43. The number of carbonyl (C=O) groups is 2. The zero-order valence-electron chi connectivity index (χ0n) is 14.8. The molecule has 1 aliphatic rings. The van der Waals surface area contributed by atoms with Crippen molar-refractivity contribution >= 4 is 17.5 Å². The molecule has 0 aliphatic carbocycles. The monoisotopic (exact) mass is 359 g/mol. The molecule has 0 bridgehead atoms. The minimum atomic E-state index is -0.883. The van der Waals surface area contributed by atoms with Gasteiger partial charge in [0.25, 0.3) is 5.91 Å². The highest BCUT2D eigenvalue weighted by atomic mass is 19.1. The normalized spacial score (nSPS) is 16.2. The molecular weight excluding hydrogens is 337 g/mol. The highest BCUT2D eigenvalue weighted by Crippen LogP contribution is 2.28. The quantitative estimate of drug-likeness (QED) is 0.865. The van der Waals surface area contributed by atoms with Gasteiger partial charge in [0.05, 0.1) is 0 Å². The summed E-state index contributed by atoms with van der Waals surface area (Å²) in [5.74, 6) is -0.651. The Labute approximate surface area is 151 Å². The molecule has 8 heteroatoms. The van der Waals surface area contributed by atoms with Crippen LogP contribution in [0.4, 0.5) is 10.1 Å². The Balaban J connectivity index is 1.76. The molecular formula is C18H22FN5O2. The SMILES string of the molecule is CNC(=O)C1(Nc2cccc(F)c2)CCN(C(=O)c2ccnn2C)CC1. The number of benzene rings is 1. The zero-order chi connectivity index (χ0) is 18.7. The first-order valence-electron chi connectivity index (χ1n) is 8.48. The van der Waals surface area contributed by atoms with Crippen molar-refractivity contribution in [3.8, 4) is 0 Å². The standard InChI is InChI=1S/C18H22FN5O2/c1-20-17(26)18(22-14-5-3-4-13(19)12-14)7-10-24(11-8-18)16(25)15-6-9-21-23(15)2/h3-6,9,12,22H,7-8,10-11H2,1-2H3,(H,20,26). The summed E-state index contributed by atoms with van der Waals surface area (Å²) in [5, 5.41) is 9.89. The van der Waals surface area contributed by atoms with Gasteiger partial charge >= 0.3 is 0 Å². The van der Waals surface area contributed by atoms with Crippen LogP contribution in [0.5, 0.6) is 0 Å². The van der Waals surface area contributed by atoms with E-state index in [1.807, 2.05) is 0 Å². The molecule has 1 aliphatic heterocycles. The zero-order valence-corrected chi connectivity index (χ0v) is 14.8. The van der Waals surface area contributed by atoms with Gasteiger partial charge in [-0.3, -0.25) is 14.3 Å². The van der Waals surface area contributed by atoms with Crippen molar-refractivity contribution in [3.63, 3.8) is 0 Å². The fourth-order valence-corrected chi connectivity index (χ4v) is 3.33. The van der Waals surface area contributed by atoms with Crippen molar-refractivity contribution in [1.82, 2.24) is 20.0 Å². The van der Waals surface area contributed by atoms with Gasteiger partial charge in [0.1, 0.15) is 17.1 Å². The largest absolute Gasteiger partial charge is 0.371 e. The molecule has 3 rings (SSSR count). The van der Waals surface area contributed by atoms with Crippen LogP contribution in [0.15, 0.2) is 36.5 Å². The molecule has 2 aromatic rings. The number of amides is 2. The fourth-order valence-electron chi connectivity index (χ4n) is 3.33. The Kier molecular flexibility index (Phi) is 4.92. The number of piperidine rings is 1. The summed E-state index contributed by atoms with van der Waals surface area (Å²) < 4.78 is 15.0. The molecule has 2 heterocycles. The number of nitrogens with one attached hydrogen (secondary N) is 2. The lowest BCUT2D eigenvalue weighted by Crippen LogP contribution is -2.58. The van der Waals surface area contributed by atoms with Crippen molar-refractivity contribution in [2.45, 2.75) is 18.4 Å². The molecule has 138 valence electrons. The van der Waals surface area contributed by atoms with Crippen LogP contribution >= 0.6 is 0 Å². The van der Waals surface area contributed by atoms with Crippen molar-refractivity contribution in [3.05, 3.63) is 48.0 Å². The van der Waals surface area contributed by atoms with Crippen molar-refractivity contribution in [2.75, 3.05) is 25.5 Å². The Bertz CT molecular complexity index is 811. The minimum Gasteiger partial charge on any atom is -0.371 e. The topological polar surface area (TPSA) is 79.3 Å². The first-order chi connectivity index (χ1) is 12.4. The average molecular weight is 359 g/mol. The smallest absolute Gasteiger partial charge is 0.272 e. The van der Waals surface area contributed by atoms with E-state index < -0.39 is 5.54 Å². The van der Waals surface area contributed by atoms with Crippen molar-refractivity contribution in [2.24, 2.45) is 7.05 Å². The molecule has 0 radical (unpaired) electrons. The molecule has 1 saturated heterocycles. The Morgan fingerprint density at radius 1 is 1.23 bits per heavy atom. The van der Waals surface area contributed by atoms with Gasteiger partial charge in [-0.2, -0.15) is 5.10 Å². The number of aromatic nitrogens is 2. The predicted molar refractivity (Wildman–Crippen MR) is 95.2 cm³/mol. The van der Waals surface area contributed by atoms with Gasteiger partial charge in [-0.05, 0) is 37.1 Å². The third kappa shape index (κ3) is 3.40. The predicted octanol–water partition coefficient (Wildman–Crippen LogP) is 1.39. The maximum atomic E-state index is 13.5. The van der Waals surface area contributed by atoms with Gasteiger partial charge in [-0.1, -0.05) is 6.07 Å². The number of likely N-dealkylation sites (tertiary alicyclic amines) is 1. The third-order valence-electron chi connectivity index (χ3n) is 4.81. The van der Waals surface area contributed by atoms with Crippen LogP contribution in [0.25, 0.3) is 0 Å². The van der Waals surface area contributed by atoms with E-state index in [1.54, 1.807) is 43.4 Å². The number of hydrogen-bond donors (Lipinski definition) is 2. The molecule has 26 heavy (non-hydrogen) atoms. The second kappa shape index (κ2) is 7.15. The van der Waals surface area contributed by atoms with Gasteiger partial charge in [-0.25, -0.2) is 4.39 Å². The van der Waals surface area contributed by atoms with Crippen LogP contribution in [0.1, 0.15) is 23.3 Å². The Morgan fingerprint density at radius 2 is 1.96 bits per heavy atom. The maximum absolute atomic E-state index is 13.5. The number of nitrogens with zero attached hydrogens (tertiary/aromatic N) is 3. The molecule has 7 nitrogen and oxygen atoms in total. The van der Waals surface area contributed by atoms with E-state index in [2.05, 4.69) is 15.7 Å². The Morgan fingerprint density at radius 3 is 2.54 bits per heavy atom. The summed E-state index contributed by atoms with van der Waals surface area (Å²) in [6.45, 7) is 0.833. The number of halogens is 1. The molecule has 0 unspecified atom stereocenters. The van der Waals surface area contributed by atoms with E-state index in [4.69, 9.17) is 0 Å². The average Bonchev–Trinajstić information content (AvgIpc) is 3.07. The number of carbonyl (C=O) groups excluding carboxylic acids is 2. The molecule has 2 amide bonds. The lowest BCUT2D eigenvalue weighted by atomic mass is 9.85. The van der Waals surface area contributed by atoms with Crippen LogP contribution in [0.2, 0.25) is 0 Å². The summed E-state index contributed by atoms with van der Waals surface area (Å²) in [4.78, 5) is 26.9. The fraction of sp³-hybridized carbons (Fsp3) is 0.389. The minimum absolute atomic E-state index is 0.110. The number of hydrogen-bond acceptors (Lipinski definition) is 4. The first-order valence-corrected chi connectivity index (χ1v) is 8.48. The van der Waals surface area contributed by atoms with Crippen molar-refractivity contribution in [1.29, 1.82) is 0 Å². The lowest BCUT2D eigenvalue weighted by molar-refractivity contribution is -0.126.